The molecule has 1 aromatic heterocycles. The molecule has 0 aliphatic heterocycles. The Morgan fingerprint density at radius 2 is 2.00 bits per heavy atom. The number of aromatic nitrogens is 2. The molecular formula is C17H15ClN3O3S+. The highest BCUT2D eigenvalue weighted by molar-refractivity contribution is 8.00. The highest BCUT2D eigenvalue weighted by Gasteiger charge is 2.28. The van der Waals surface area contributed by atoms with Crippen molar-refractivity contribution in [1.82, 2.24) is 5.27 Å². The summed E-state index contributed by atoms with van der Waals surface area (Å²) in [6.07, 6.45) is 0. The molecule has 3 aromatic rings. The molecule has 6 nitrogen and oxygen atoms in total. The molecule has 1 atom stereocenters. The molecule has 3 rings (SSSR count). The van der Waals surface area contributed by atoms with E-state index >= 15 is 0 Å². The third-order valence-electron chi connectivity index (χ3n) is 3.37. The van der Waals surface area contributed by atoms with E-state index in [0.717, 1.165) is 17.4 Å². The van der Waals surface area contributed by atoms with E-state index in [2.05, 4.69) is 10.6 Å². The minimum absolute atomic E-state index is 0.243. The second kappa shape index (κ2) is 7.58. The molecule has 0 aliphatic carbocycles. The minimum Gasteiger partial charge on any atom is -0.325 e. The van der Waals surface area contributed by atoms with Gasteiger partial charge >= 0.3 is 10.7 Å². The fourth-order valence-corrected chi connectivity index (χ4v) is 3.22. The predicted molar refractivity (Wildman–Crippen MR) is 96.3 cm³/mol. The zero-order chi connectivity index (χ0) is 17.8. The van der Waals surface area contributed by atoms with Crippen molar-refractivity contribution < 1.29 is 14.0 Å². The van der Waals surface area contributed by atoms with Crippen LogP contribution < -0.4 is 15.6 Å². The van der Waals surface area contributed by atoms with Gasteiger partial charge in [-0.15, -0.1) is 0 Å². The molecule has 2 aromatic carbocycles. The van der Waals surface area contributed by atoms with Crippen LogP contribution in [0.4, 0.5) is 5.69 Å². The molecule has 0 fully saturated rings. The molecule has 0 aliphatic rings. The highest BCUT2D eigenvalue weighted by Crippen LogP contribution is 2.21. The fourth-order valence-electron chi connectivity index (χ4n) is 2.14. The van der Waals surface area contributed by atoms with Gasteiger partial charge in [0.1, 0.15) is 0 Å². The van der Waals surface area contributed by atoms with Gasteiger partial charge in [-0.25, -0.2) is 4.79 Å². The van der Waals surface area contributed by atoms with E-state index in [1.165, 1.54) is 4.68 Å². The van der Waals surface area contributed by atoms with Crippen molar-refractivity contribution >= 4 is 35.0 Å². The molecule has 0 bridgehead atoms. The summed E-state index contributed by atoms with van der Waals surface area (Å²) in [6.45, 7) is 1.71. The Bertz CT molecular complexity index is 940. The van der Waals surface area contributed by atoms with Gasteiger partial charge in [-0.2, -0.15) is 0 Å². The topological polar surface area (TPSA) is 79.0 Å². The van der Waals surface area contributed by atoms with Gasteiger partial charge in [0.15, 0.2) is 0 Å². The van der Waals surface area contributed by atoms with Crippen LogP contribution in [-0.4, -0.2) is 16.4 Å². The number of halogens is 1. The lowest BCUT2D eigenvalue weighted by molar-refractivity contribution is -0.704. The quantitative estimate of drug-likeness (QED) is 0.530. The van der Waals surface area contributed by atoms with E-state index in [0.29, 0.717) is 15.7 Å². The van der Waals surface area contributed by atoms with Crippen molar-refractivity contribution in [3.8, 4) is 5.69 Å². The van der Waals surface area contributed by atoms with Gasteiger partial charge in [-0.1, -0.05) is 35.9 Å². The van der Waals surface area contributed by atoms with Crippen LogP contribution in [0.15, 0.2) is 68.9 Å². The Morgan fingerprint density at radius 3 is 2.72 bits per heavy atom. The molecule has 0 radical (unpaired) electrons. The second-order valence-electron chi connectivity index (χ2n) is 5.22. The summed E-state index contributed by atoms with van der Waals surface area (Å²) < 4.78 is 6.39. The van der Waals surface area contributed by atoms with Crippen LogP contribution in [-0.2, 0) is 4.79 Å². The number of aromatic amines is 1. The first-order valence-electron chi connectivity index (χ1n) is 7.46. The maximum absolute atomic E-state index is 12.4. The molecule has 1 amide bonds. The summed E-state index contributed by atoms with van der Waals surface area (Å²) in [7, 11) is 0. The average Bonchev–Trinajstić information content (AvgIpc) is 2.96. The number of nitrogens with zero attached hydrogens (tertiary/aromatic N) is 1. The number of carbonyl (C=O) groups is 1. The van der Waals surface area contributed by atoms with Crippen molar-refractivity contribution in [1.29, 1.82) is 0 Å². The highest BCUT2D eigenvalue weighted by atomic mass is 35.5. The monoisotopic (exact) mass is 376 g/mol. The summed E-state index contributed by atoms with van der Waals surface area (Å²) in [5.41, 5.74) is 0.802. The van der Waals surface area contributed by atoms with E-state index in [1.54, 1.807) is 31.2 Å². The van der Waals surface area contributed by atoms with Gasteiger partial charge < -0.3 is 5.32 Å². The molecular weight excluding hydrogens is 362 g/mol. The van der Waals surface area contributed by atoms with Crippen LogP contribution in [0.5, 0.6) is 0 Å². The van der Waals surface area contributed by atoms with Crippen LogP contribution in [0.1, 0.15) is 6.92 Å². The number of carbonyl (C=O) groups excluding carboxylic acids is 1. The van der Waals surface area contributed by atoms with Crippen LogP contribution in [0.25, 0.3) is 5.69 Å². The van der Waals surface area contributed by atoms with Gasteiger partial charge in [-0.3, -0.25) is 9.32 Å². The summed E-state index contributed by atoms with van der Waals surface area (Å²) >= 11 is 7.02. The first-order chi connectivity index (χ1) is 12.0. The van der Waals surface area contributed by atoms with E-state index in [1.807, 2.05) is 30.3 Å². The Hall–Kier alpha value is -2.51. The predicted octanol–water partition coefficient (Wildman–Crippen LogP) is 3.02. The molecule has 1 heterocycles. The number of hydrogen-bond donors (Lipinski definition) is 2. The number of nitrogens with one attached hydrogen (secondary N) is 2. The van der Waals surface area contributed by atoms with Crippen molar-refractivity contribution in [2.75, 3.05) is 5.32 Å². The lowest BCUT2D eigenvalue weighted by atomic mass is 10.3. The molecule has 0 saturated heterocycles. The Morgan fingerprint density at radius 1 is 1.24 bits per heavy atom. The number of thioether (sulfide) groups is 1. The SMILES string of the molecule is CC(Sc1c(=O)o[nH][n+]1-c1ccccc1)C(=O)Nc1cccc(Cl)c1. The summed E-state index contributed by atoms with van der Waals surface area (Å²) in [5, 5.41) is 5.63. The normalized spacial score (nSPS) is 11.9. The van der Waals surface area contributed by atoms with Gasteiger partial charge in [-0.05, 0) is 46.8 Å². The molecule has 25 heavy (non-hydrogen) atoms. The van der Waals surface area contributed by atoms with E-state index < -0.39 is 10.9 Å². The van der Waals surface area contributed by atoms with E-state index in [9.17, 15) is 9.59 Å². The van der Waals surface area contributed by atoms with Crippen LogP contribution >= 0.6 is 23.4 Å². The first-order valence-corrected chi connectivity index (χ1v) is 8.72. The van der Waals surface area contributed by atoms with Gasteiger partial charge in [0.05, 0.1) is 5.25 Å². The largest absolute Gasteiger partial charge is 0.442 e. The van der Waals surface area contributed by atoms with Gasteiger partial charge in [0, 0.05) is 22.8 Å². The average molecular weight is 377 g/mol. The van der Waals surface area contributed by atoms with Crippen molar-refractivity contribution in [2.24, 2.45) is 0 Å². The van der Waals surface area contributed by atoms with E-state index in [-0.39, 0.29) is 5.91 Å². The summed E-state index contributed by atoms with van der Waals surface area (Å²) in [4.78, 5) is 24.4. The summed E-state index contributed by atoms with van der Waals surface area (Å²) in [6, 6.07) is 16.1. The Kier molecular flexibility index (Phi) is 5.25. The number of H-pyrrole nitrogens is 1. The zero-order valence-electron chi connectivity index (χ0n) is 13.2. The number of rotatable bonds is 5. The molecule has 1 unspecified atom stereocenters. The first kappa shape index (κ1) is 17.3. The third kappa shape index (κ3) is 4.12. The third-order valence-corrected chi connectivity index (χ3v) is 4.75. The van der Waals surface area contributed by atoms with Crippen LogP contribution in [0, 0.1) is 0 Å². The number of hydrogen-bond acceptors (Lipinski definition) is 4. The van der Waals surface area contributed by atoms with Crippen LogP contribution in [0.3, 0.4) is 0 Å². The fraction of sp³-hybridized carbons (Fsp3) is 0.118. The van der Waals surface area contributed by atoms with Crippen molar-refractivity contribution in [2.45, 2.75) is 17.2 Å². The van der Waals surface area contributed by atoms with Gasteiger partial charge in [0.25, 0.3) is 0 Å². The molecule has 8 heteroatoms. The molecule has 0 spiro atoms. The van der Waals surface area contributed by atoms with Crippen LogP contribution in [0.2, 0.25) is 5.02 Å². The molecule has 2 N–H and O–H groups in total. The molecule has 0 saturated carbocycles. The van der Waals surface area contributed by atoms with E-state index in [4.69, 9.17) is 16.1 Å². The second-order valence-corrected chi connectivity index (χ2v) is 6.98. The maximum atomic E-state index is 12.4. The standard InChI is InChI=1S/C17H14ClN3O3S/c1-11(15(22)19-13-7-5-6-12(18)10-13)25-16-17(23)24-20-21(16)14-8-3-2-4-9-14/h2-11H,1H3,(H-,19,20,22,23)/p+1. The number of para-hydroxylation sites is 1. The number of amides is 1. The summed E-state index contributed by atoms with van der Waals surface area (Å²) in [5.74, 6) is -0.243. The van der Waals surface area contributed by atoms with Crippen molar-refractivity contribution in [3.05, 3.63) is 70.0 Å². The Balaban J connectivity index is 1.77. The van der Waals surface area contributed by atoms with Gasteiger partial charge in [0.2, 0.25) is 11.6 Å². The lowest BCUT2D eigenvalue weighted by Crippen LogP contribution is -2.37. The lowest BCUT2D eigenvalue weighted by Gasteiger charge is -2.09. The maximum Gasteiger partial charge on any atom is 0.442 e. The molecule has 128 valence electrons. The van der Waals surface area contributed by atoms with Crippen molar-refractivity contribution in [3.63, 3.8) is 0 Å². The zero-order valence-corrected chi connectivity index (χ0v) is 14.8. The number of anilines is 1. The number of benzene rings is 2. The Labute approximate surface area is 152 Å². The minimum atomic E-state index is -0.531. The smallest absolute Gasteiger partial charge is 0.325 e.